The summed E-state index contributed by atoms with van der Waals surface area (Å²) in [6.07, 6.45) is 0. The van der Waals surface area contributed by atoms with Crippen molar-refractivity contribution in [1.29, 1.82) is 0 Å². The molecule has 0 bridgehead atoms. The van der Waals surface area contributed by atoms with Crippen LogP contribution in [-0.2, 0) is 23.3 Å². The molecule has 7 aromatic rings. The molecule has 2 radical (unpaired) electrons. The fraction of sp³-hybridized carbons (Fsp3) is 0.0513. The van der Waals surface area contributed by atoms with E-state index in [1.807, 2.05) is 30.3 Å². The molecule has 0 atom stereocenters. The summed E-state index contributed by atoms with van der Waals surface area (Å²) in [4.78, 5) is 0. The first kappa shape index (κ1) is 36.1. The van der Waals surface area contributed by atoms with E-state index in [0.717, 1.165) is 5.56 Å². The van der Waals surface area contributed by atoms with Gasteiger partial charge in [-0.1, -0.05) is 104 Å². The van der Waals surface area contributed by atoms with Gasteiger partial charge in [0, 0.05) is 0 Å². The molecule has 0 fully saturated rings. The van der Waals surface area contributed by atoms with Crippen LogP contribution < -0.4 is 0 Å². The molecule has 216 valence electrons. The molecule has 43 heavy (non-hydrogen) atoms. The van der Waals surface area contributed by atoms with Crippen LogP contribution in [0.5, 0.6) is 0 Å². The molecule has 0 saturated carbocycles. The van der Waals surface area contributed by atoms with E-state index in [-0.39, 0.29) is 24.8 Å². The second-order valence-electron chi connectivity index (χ2n) is 9.90. The van der Waals surface area contributed by atoms with Crippen molar-refractivity contribution in [1.82, 2.24) is 0 Å². The van der Waals surface area contributed by atoms with Crippen molar-refractivity contribution in [2.24, 2.45) is 0 Å². The van der Waals surface area contributed by atoms with Crippen LogP contribution in [0.15, 0.2) is 152 Å². The number of rotatable bonds is 2. The van der Waals surface area contributed by atoms with E-state index in [1.165, 1.54) is 78.3 Å². The summed E-state index contributed by atoms with van der Waals surface area (Å²) in [7, 11) is 0. The number of hydrogen-bond donors (Lipinski definition) is 0. The number of aryl methyl sites for hydroxylation is 2. The normalized spacial score (nSPS) is 9.51. The van der Waals surface area contributed by atoms with Crippen LogP contribution in [-0.4, -0.2) is 6.88 Å². The molecule has 0 amide bonds. The molecule has 0 nitrogen and oxygen atoms in total. The molecule has 0 aromatic heterocycles. The molecule has 0 N–H and O–H groups in total. The van der Waals surface area contributed by atoms with Gasteiger partial charge in [-0.05, 0) is 11.1 Å². The fourth-order valence-corrected chi connectivity index (χ4v) is 4.99. The molecular formula is C39H35Cl2SiZr-3. The monoisotopic (exact) mass is 691 g/mol. The van der Waals surface area contributed by atoms with Crippen molar-refractivity contribution in [3.05, 3.63) is 175 Å². The van der Waals surface area contributed by atoms with Gasteiger partial charge < -0.3 is 0 Å². The van der Waals surface area contributed by atoms with Crippen LogP contribution in [0.2, 0.25) is 0 Å². The Morgan fingerprint density at radius 1 is 0.488 bits per heavy atom. The standard InChI is InChI=1S/2C16H13.C7H7.2ClH.Si.Zr/c2*1-12-10-14-8-5-9-15(16(14)11-12)13-6-3-2-4-7-13;1-7-5-3-2-4-6-7;;;;/h2*2-11H,1H3;2-6H,1H2;2*1H;;/q3*-1;;;;. The summed E-state index contributed by atoms with van der Waals surface area (Å²) in [5, 5.41) is 5.37. The third kappa shape index (κ3) is 9.95. The zero-order chi connectivity index (χ0) is 29.0. The van der Waals surface area contributed by atoms with Crippen molar-refractivity contribution >= 4 is 53.2 Å². The summed E-state index contributed by atoms with van der Waals surface area (Å²) in [5.41, 5.74) is 8.97. The first-order chi connectivity index (χ1) is 20.1. The molecule has 7 aromatic carbocycles. The van der Waals surface area contributed by atoms with E-state index in [9.17, 15) is 0 Å². The van der Waals surface area contributed by atoms with Gasteiger partial charge in [-0.2, -0.15) is 36.8 Å². The van der Waals surface area contributed by atoms with Crippen molar-refractivity contribution in [2.75, 3.05) is 0 Å². The summed E-state index contributed by atoms with van der Waals surface area (Å²) < 4.78 is 0. The molecule has 0 aliphatic heterocycles. The van der Waals surface area contributed by atoms with Gasteiger partial charge in [-0.3, -0.25) is 0 Å². The molecule has 7 rings (SSSR count). The third-order valence-corrected chi connectivity index (χ3v) is 6.80. The van der Waals surface area contributed by atoms with Gasteiger partial charge in [0.1, 0.15) is 0 Å². The maximum atomic E-state index is 3.72. The molecule has 0 unspecified atom stereocenters. The zero-order valence-corrected chi connectivity index (χ0v) is 29.5. The van der Waals surface area contributed by atoms with Crippen LogP contribution in [0.4, 0.5) is 0 Å². The quantitative estimate of drug-likeness (QED) is 0.125. The van der Waals surface area contributed by atoms with E-state index in [0.29, 0.717) is 0 Å². The second kappa shape index (κ2) is 18.5. The number of fused-ring (bicyclic) bond motifs is 2. The van der Waals surface area contributed by atoms with Crippen LogP contribution >= 0.6 is 24.8 Å². The fourth-order valence-electron chi connectivity index (χ4n) is 4.99. The van der Waals surface area contributed by atoms with Gasteiger partial charge >= 0.3 is 30.2 Å². The average molecular weight is 694 g/mol. The Morgan fingerprint density at radius 3 is 1.16 bits per heavy atom. The second-order valence-corrected chi connectivity index (χ2v) is 9.90. The Bertz CT molecular complexity index is 1670. The summed E-state index contributed by atoms with van der Waals surface area (Å²) in [6.45, 7) is 11.1. The molecule has 4 heteroatoms. The van der Waals surface area contributed by atoms with E-state index in [1.54, 1.807) is 0 Å². The SMILES string of the molecule is Cc1cc2c(-c3ccccc3)cccc2[cH-]1.Cc1cc2c(-c3ccccc3)cccc2[cH-]1.Cl.Cl.[CH2-]c1ccccc1.[Si]=[Zr]. The maximum absolute atomic E-state index is 3.72. The van der Waals surface area contributed by atoms with Crippen LogP contribution in [0.3, 0.4) is 0 Å². The van der Waals surface area contributed by atoms with Gasteiger partial charge in [-0.25, -0.2) is 0 Å². The number of halogens is 2. The number of benzene rings is 5. The zero-order valence-electron chi connectivity index (χ0n) is 24.5. The first-order valence-electron chi connectivity index (χ1n) is 13.6. The topological polar surface area (TPSA) is 0 Å². The van der Waals surface area contributed by atoms with Gasteiger partial charge in [0.05, 0.1) is 0 Å². The summed E-state index contributed by atoms with van der Waals surface area (Å²) >= 11 is 1.36. The Morgan fingerprint density at radius 2 is 0.837 bits per heavy atom. The number of hydrogen-bond acceptors (Lipinski definition) is 0. The summed E-state index contributed by atoms with van der Waals surface area (Å²) in [6, 6.07) is 53.0. The third-order valence-electron chi connectivity index (χ3n) is 6.80. The predicted octanol–water partition coefficient (Wildman–Crippen LogP) is 11.4. The first-order valence-corrected chi connectivity index (χ1v) is 17.8. The van der Waals surface area contributed by atoms with Gasteiger partial charge in [0.15, 0.2) is 0 Å². The van der Waals surface area contributed by atoms with Crippen molar-refractivity contribution in [3.63, 3.8) is 0 Å². The Balaban J connectivity index is 0.000000228. The van der Waals surface area contributed by atoms with Gasteiger partial charge in [0.2, 0.25) is 0 Å². The molecule has 0 aliphatic carbocycles. The van der Waals surface area contributed by atoms with Crippen LogP contribution in [0.25, 0.3) is 43.8 Å². The van der Waals surface area contributed by atoms with Crippen molar-refractivity contribution in [2.45, 2.75) is 13.8 Å². The van der Waals surface area contributed by atoms with Crippen molar-refractivity contribution < 1.29 is 23.3 Å². The van der Waals surface area contributed by atoms with E-state index >= 15 is 0 Å². The predicted molar refractivity (Wildman–Crippen MR) is 191 cm³/mol. The van der Waals surface area contributed by atoms with E-state index in [2.05, 4.69) is 149 Å². The summed E-state index contributed by atoms with van der Waals surface area (Å²) in [5.74, 6) is 0. The van der Waals surface area contributed by atoms with Crippen molar-refractivity contribution in [3.8, 4) is 22.3 Å². The molecular weight excluding hydrogens is 659 g/mol. The van der Waals surface area contributed by atoms with Gasteiger partial charge in [-0.15, -0.1) is 106 Å². The van der Waals surface area contributed by atoms with E-state index in [4.69, 9.17) is 0 Å². The minimum atomic E-state index is 0. The molecule has 0 heterocycles. The Labute approximate surface area is 285 Å². The van der Waals surface area contributed by atoms with Crippen LogP contribution in [0, 0.1) is 20.8 Å². The van der Waals surface area contributed by atoms with Gasteiger partial charge in [0.25, 0.3) is 0 Å². The molecule has 0 spiro atoms. The Kier molecular flexibility index (Phi) is 15.5. The van der Waals surface area contributed by atoms with Crippen LogP contribution in [0.1, 0.15) is 16.7 Å². The Hall–Kier alpha value is -3.13. The average Bonchev–Trinajstić information content (AvgIpc) is 3.60. The minimum absolute atomic E-state index is 0. The van der Waals surface area contributed by atoms with E-state index < -0.39 is 0 Å². The molecule has 0 saturated heterocycles. The molecule has 0 aliphatic rings.